The molecule has 0 spiro atoms. The lowest BCUT2D eigenvalue weighted by molar-refractivity contribution is 0.0959. The van der Waals surface area contributed by atoms with E-state index < -0.39 is 5.82 Å². The highest BCUT2D eigenvalue weighted by Crippen LogP contribution is 2.33. The van der Waals surface area contributed by atoms with Gasteiger partial charge in [-0.3, -0.25) is 4.79 Å². The van der Waals surface area contributed by atoms with E-state index in [1.807, 2.05) is 30.3 Å². The number of halogens is 1. The van der Waals surface area contributed by atoms with Crippen molar-refractivity contribution in [1.29, 1.82) is 0 Å². The molecule has 6 heteroatoms. The molecule has 5 nitrogen and oxygen atoms in total. The molecule has 0 saturated heterocycles. The molecule has 4 aromatic rings. The summed E-state index contributed by atoms with van der Waals surface area (Å²) in [4.78, 5) is 17.2. The highest BCUT2D eigenvalue weighted by molar-refractivity contribution is 6.10. The van der Waals surface area contributed by atoms with Crippen molar-refractivity contribution in [1.82, 2.24) is 15.5 Å². The molecule has 1 N–H and O–H groups in total. The molecule has 0 aliphatic rings. The molecule has 0 saturated carbocycles. The van der Waals surface area contributed by atoms with E-state index in [4.69, 9.17) is 4.52 Å². The van der Waals surface area contributed by atoms with E-state index >= 15 is 0 Å². The lowest BCUT2D eigenvalue weighted by atomic mass is 10.0. The number of fused-ring (bicyclic) bond motifs is 1. The van der Waals surface area contributed by atoms with Gasteiger partial charge in [0, 0.05) is 17.7 Å². The molecule has 0 aliphatic heterocycles. The minimum atomic E-state index is -0.436. The molecule has 4 rings (SSSR count). The number of aromatic nitrogens is 2. The van der Waals surface area contributed by atoms with Crippen LogP contribution in [-0.4, -0.2) is 22.6 Å². The Balaban J connectivity index is 1.96. The summed E-state index contributed by atoms with van der Waals surface area (Å²) in [7, 11) is 0. The van der Waals surface area contributed by atoms with Crippen LogP contribution in [0.3, 0.4) is 0 Å². The average molecular weight is 373 g/mol. The minimum absolute atomic E-state index is 0.170. The highest BCUT2D eigenvalue weighted by Gasteiger charge is 2.22. The van der Waals surface area contributed by atoms with E-state index in [2.05, 4.69) is 22.0 Å². The number of nitrogens with zero attached hydrogens (tertiary/aromatic N) is 2. The first-order chi connectivity index (χ1) is 13.7. The number of rotatable bonds is 5. The second-order valence-electron chi connectivity index (χ2n) is 6.11. The van der Waals surface area contributed by atoms with Crippen molar-refractivity contribution in [3.63, 3.8) is 0 Å². The fourth-order valence-corrected chi connectivity index (χ4v) is 2.99. The van der Waals surface area contributed by atoms with E-state index in [0.717, 1.165) is 5.56 Å². The molecule has 1 amide bonds. The largest absolute Gasteiger partial charge is 0.349 e. The number of hydrogen-bond acceptors (Lipinski definition) is 4. The summed E-state index contributed by atoms with van der Waals surface area (Å²) >= 11 is 0. The van der Waals surface area contributed by atoms with Gasteiger partial charge in [0.2, 0.25) is 0 Å². The van der Waals surface area contributed by atoms with Gasteiger partial charge in [0.25, 0.3) is 11.6 Å². The summed E-state index contributed by atoms with van der Waals surface area (Å²) in [6.45, 7) is 3.91. The van der Waals surface area contributed by atoms with E-state index in [0.29, 0.717) is 28.9 Å². The van der Waals surface area contributed by atoms with Gasteiger partial charge in [-0.15, -0.1) is 6.58 Å². The van der Waals surface area contributed by atoms with Gasteiger partial charge in [-0.25, -0.2) is 9.37 Å². The topological polar surface area (TPSA) is 68.0 Å². The number of carbonyl (C=O) groups is 1. The summed E-state index contributed by atoms with van der Waals surface area (Å²) < 4.78 is 19.7. The molecule has 0 unspecified atom stereocenters. The van der Waals surface area contributed by atoms with Gasteiger partial charge in [0.05, 0.1) is 16.6 Å². The van der Waals surface area contributed by atoms with E-state index in [9.17, 15) is 9.18 Å². The smallest absolute Gasteiger partial charge is 0.259 e. The predicted octanol–water partition coefficient (Wildman–Crippen LogP) is 4.61. The van der Waals surface area contributed by atoms with Crippen molar-refractivity contribution < 1.29 is 13.7 Å². The quantitative estimate of drug-likeness (QED) is 0.519. The molecule has 2 aromatic carbocycles. The molecule has 0 bridgehead atoms. The van der Waals surface area contributed by atoms with Crippen molar-refractivity contribution in [2.75, 3.05) is 6.54 Å². The Morgan fingerprint density at radius 3 is 2.64 bits per heavy atom. The normalized spacial score (nSPS) is 10.8. The highest BCUT2D eigenvalue weighted by atomic mass is 19.1. The Labute approximate surface area is 160 Å². The van der Waals surface area contributed by atoms with Crippen molar-refractivity contribution in [2.45, 2.75) is 0 Å². The van der Waals surface area contributed by atoms with Crippen LogP contribution in [0.4, 0.5) is 4.39 Å². The third kappa shape index (κ3) is 3.16. The zero-order chi connectivity index (χ0) is 19.5. The van der Waals surface area contributed by atoms with Crippen LogP contribution >= 0.6 is 0 Å². The Hall–Kier alpha value is -3.80. The Kier molecular flexibility index (Phi) is 4.68. The Morgan fingerprint density at radius 1 is 1.14 bits per heavy atom. The van der Waals surface area contributed by atoms with Crippen LogP contribution in [0, 0.1) is 5.82 Å². The van der Waals surface area contributed by atoms with Crippen LogP contribution in [0.15, 0.2) is 77.8 Å². The van der Waals surface area contributed by atoms with Crippen LogP contribution in [-0.2, 0) is 0 Å². The number of nitrogens with one attached hydrogen (secondary N) is 1. The van der Waals surface area contributed by atoms with Crippen LogP contribution in [0.5, 0.6) is 0 Å². The van der Waals surface area contributed by atoms with E-state index in [-0.39, 0.29) is 17.2 Å². The number of amides is 1. The molecule has 2 aromatic heterocycles. The zero-order valence-corrected chi connectivity index (χ0v) is 14.9. The van der Waals surface area contributed by atoms with Crippen LogP contribution in [0.25, 0.3) is 33.6 Å². The zero-order valence-electron chi connectivity index (χ0n) is 14.9. The maximum Gasteiger partial charge on any atom is 0.259 e. The fraction of sp³-hybridized carbons (Fsp3) is 0.0455. The van der Waals surface area contributed by atoms with Gasteiger partial charge in [-0.2, -0.15) is 0 Å². The standard InChI is InChI=1S/C22H16FN3O2/c1-2-12-24-21(27)16-13-18(15-10-6-7-11-17(15)23)25-22-19(16)20(26-28-22)14-8-4-3-5-9-14/h2-11,13H,1,12H2,(H,24,27). The maximum absolute atomic E-state index is 14.3. The first-order valence-corrected chi connectivity index (χ1v) is 8.69. The number of hydrogen-bond donors (Lipinski definition) is 1. The van der Waals surface area contributed by atoms with Crippen molar-refractivity contribution in [2.24, 2.45) is 0 Å². The summed E-state index contributed by atoms with van der Waals surface area (Å²) in [6, 6.07) is 17.2. The summed E-state index contributed by atoms with van der Waals surface area (Å²) in [5.74, 6) is -0.778. The van der Waals surface area contributed by atoms with Crippen LogP contribution in [0.2, 0.25) is 0 Å². The van der Waals surface area contributed by atoms with Crippen LogP contribution < -0.4 is 5.32 Å². The molecule has 2 heterocycles. The predicted molar refractivity (Wildman–Crippen MR) is 105 cm³/mol. The minimum Gasteiger partial charge on any atom is -0.349 e. The number of pyridine rings is 1. The third-order valence-corrected chi connectivity index (χ3v) is 4.30. The molecule has 138 valence electrons. The summed E-state index contributed by atoms with van der Waals surface area (Å²) in [5, 5.41) is 7.35. The SMILES string of the molecule is C=CCNC(=O)c1cc(-c2ccccc2F)nc2onc(-c3ccccc3)c12. The summed E-state index contributed by atoms with van der Waals surface area (Å²) in [6.07, 6.45) is 1.58. The third-order valence-electron chi connectivity index (χ3n) is 4.30. The monoisotopic (exact) mass is 373 g/mol. The summed E-state index contributed by atoms with van der Waals surface area (Å²) in [5.41, 5.74) is 2.35. The molecule has 0 radical (unpaired) electrons. The lowest BCUT2D eigenvalue weighted by Crippen LogP contribution is -2.23. The fourth-order valence-electron chi connectivity index (χ4n) is 2.99. The van der Waals surface area contributed by atoms with Gasteiger partial charge in [0.1, 0.15) is 11.5 Å². The van der Waals surface area contributed by atoms with Gasteiger partial charge < -0.3 is 9.84 Å². The lowest BCUT2D eigenvalue weighted by Gasteiger charge is -2.08. The van der Waals surface area contributed by atoms with Gasteiger partial charge in [-0.05, 0) is 18.2 Å². The molecule has 0 aliphatic carbocycles. The molecule has 28 heavy (non-hydrogen) atoms. The van der Waals surface area contributed by atoms with Crippen LogP contribution in [0.1, 0.15) is 10.4 Å². The molecule has 0 atom stereocenters. The number of benzene rings is 2. The average Bonchev–Trinajstić information content (AvgIpc) is 3.16. The van der Waals surface area contributed by atoms with Gasteiger partial charge in [-0.1, -0.05) is 53.7 Å². The second kappa shape index (κ2) is 7.44. The van der Waals surface area contributed by atoms with Gasteiger partial charge >= 0.3 is 0 Å². The first kappa shape index (κ1) is 17.6. The van der Waals surface area contributed by atoms with Crippen molar-refractivity contribution in [3.05, 3.63) is 84.7 Å². The van der Waals surface area contributed by atoms with Crippen molar-refractivity contribution >= 4 is 17.0 Å². The van der Waals surface area contributed by atoms with Gasteiger partial charge in [0.15, 0.2) is 0 Å². The second-order valence-corrected chi connectivity index (χ2v) is 6.11. The van der Waals surface area contributed by atoms with E-state index in [1.54, 1.807) is 30.3 Å². The molecular weight excluding hydrogens is 357 g/mol. The molecule has 0 fully saturated rings. The number of carbonyl (C=O) groups excluding carboxylic acids is 1. The Morgan fingerprint density at radius 2 is 1.89 bits per heavy atom. The molecular formula is C22H16FN3O2. The maximum atomic E-state index is 14.3. The van der Waals surface area contributed by atoms with E-state index in [1.165, 1.54) is 6.07 Å². The Bertz CT molecular complexity index is 1170. The van der Waals surface area contributed by atoms with Crippen molar-refractivity contribution in [3.8, 4) is 22.5 Å². The first-order valence-electron chi connectivity index (χ1n) is 8.69.